The molecule has 0 bridgehead atoms. The van der Waals surface area contributed by atoms with E-state index in [0.717, 1.165) is 38.2 Å². The van der Waals surface area contributed by atoms with Gasteiger partial charge in [0.2, 0.25) is 0 Å². The zero-order valence-electron chi connectivity index (χ0n) is 19.7. The third-order valence-electron chi connectivity index (χ3n) is 5.52. The van der Waals surface area contributed by atoms with Crippen LogP contribution in [0.3, 0.4) is 0 Å². The summed E-state index contributed by atoms with van der Waals surface area (Å²) in [4.78, 5) is 2.37. The molecule has 1 N–H and O–H groups in total. The molecule has 2 rings (SSSR count). The summed E-state index contributed by atoms with van der Waals surface area (Å²) >= 11 is 0. The molecule has 0 saturated carbocycles. The molecule has 166 valence electrons. The van der Waals surface area contributed by atoms with Gasteiger partial charge in [0.1, 0.15) is 13.2 Å². The van der Waals surface area contributed by atoms with E-state index in [4.69, 9.17) is 0 Å². The third-order valence-corrected chi connectivity index (χ3v) is 5.52. The summed E-state index contributed by atoms with van der Waals surface area (Å²) in [5.74, 6) is 0. The Morgan fingerprint density at radius 1 is 0.968 bits per heavy atom. The zero-order valence-corrected chi connectivity index (χ0v) is 19.7. The molecule has 0 aliphatic heterocycles. The Balaban J connectivity index is 2.10. The van der Waals surface area contributed by atoms with Gasteiger partial charge >= 0.3 is 0 Å². The van der Waals surface area contributed by atoms with Crippen LogP contribution in [0.15, 0.2) is 77.9 Å². The van der Waals surface area contributed by atoms with E-state index in [1.54, 1.807) is 0 Å². The molecule has 0 radical (unpaired) electrons. The highest BCUT2D eigenvalue weighted by Crippen LogP contribution is 2.19. The second-order valence-corrected chi connectivity index (χ2v) is 7.65. The maximum Gasteiger partial charge on any atom is 0.199 e. The fourth-order valence-corrected chi connectivity index (χ4v) is 3.75. The number of allylic oxidation sites excluding steroid dienone is 9. The van der Waals surface area contributed by atoms with Gasteiger partial charge in [0.15, 0.2) is 12.3 Å². The number of benzene rings is 1. The van der Waals surface area contributed by atoms with Crippen LogP contribution in [0, 0.1) is 0 Å². The first-order valence-corrected chi connectivity index (χ1v) is 11.7. The first-order chi connectivity index (χ1) is 15.1. The van der Waals surface area contributed by atoms with Gasteiger partial charge in [-0.15, -0.1) is 0 Å². The Bertz CT molecular complexity index is 845. The van der Waals surface area contributed by atoms with Crippen LogP contribution < -0.4 is 4.90 Å². The van der Waals surface area contributed by atoms with Crippen LogP contribution >= 0.6 is 0 Å². The lowest BCUT2D eigenvalue weighted by atomic mass is 10.0. The lowest BCUT2D eigenvalue weighted by molar-refractivity contribution is -0.525. The highest BCUT2D eigenvalue weighted by molar-refractivity contribution is 6.02. The van der Waals surface area contributed by atoms with E-state index in [1.807, 2.05) is 0 Å². The van der Waals surface area contributed by atoms with Crippen molar-refractivity contribution in [2.75, 3.05) is 37.7 Å². The molecule has 0 aromatic heterocycles. The van der Waals surface area contributed by atoms with Crippen LogP contribution in [0.4, 0.5) is 5.69 Å². The number of aliphatic hydroxyl groups is 1. The lowest BCUT2D eigenvalue weighted by Crippen LogP contribution is -2.22. The van der Waals surface area contributed by atoms with Crippen LogP contribution in [-0.2, 0) is 0 Å². The minimum absolute atomic E-state index is 0.176. The highest BCUT2D eigenvalue weighted by Gasteiger charge is 2.09. The van der Waals surface area contributed by atoms with Crippen LogP contribution in [-0.4, -0.2) is 48.2 Å². The van der Waals surface area contributed by atoms with Gasteiger partial charge in [-0.05, 0) is 68.2 Å². The summed E-state index contributed by atoms with van der Waals surface area (Å²) in [5.41, 5.74) is 6.20. The largest absolute Gasteiger partial charge is 0.390 e. The Labute approximate surface area is 189 Å². The van der Waals surface area contributed by atoms with E-state index in [2.05, 4.69) is 110 Å². The molecule has 0 atom stereocenters. The molecule has 1 aromatic carbocycles. The number of rotatable bonds is 11. The summed E-state index contributed by atoms with van der Waals surface area (Å²) in [6.45, 7) is 12.5. The monoisotopic (exact) mass is 419 g/mol. The zero-order chi connectivity index (χ0) is 22.5. The van der Waals surface area contributed by atoms with E-state index in [-0.39, 0.29) is 6.61 Å². The van der Waals surface area contributed by atoms with Crippen molar-refractivity contribution in [2.24, 2.45) is 0 Å². The smallest absolute Gasteiger partial charge is 0.199 e. The normalized spacial score (nSPS) is 13.9. The van der Waals surface area contributed by atoms with Gasteiger partial charge in [-0.3, -0.25) is 0 Å². The van der Waals surface area contributed by atoms with Gasteiger partial charge in [0.05, 0.1) is 0 Å². The maximum atomic E-state index is 9.20. The van der Waals surface area contributed by atoms with Crippen LogP contribution in [0.5, 0.6) is 0 Å². The average molecular weight is 420 g/mol. The van der Waals surface area contributed by atoms with Crippen molar-refractivity contribution in [3.8, 4) is 0 Å². The van der Waals surface area contributed by atoms with Crippen molar-refractivity contribution >= 4 is 17.5 Å². The van der Waals surface area contributed by atoms with E-state index >= 15 is 0 Å². The second-order valence-electron chi connectivity index (χ2n) is 7.65. The number of hydrogen-bond acceptors (Lipinski definition) is 2. The van der Waals surface area contributed by atoms with Crippen molar-refractivity contribution in [3.63, 3.8) is 0 Å². The first-order valence-electron chi connectivity index (χ1n) is 11.7. The minimum Gasteiger partial charge on any atom is -0.390 e. The van der Waals surface area contributed by atoms with Crippen molar-refractivity contribution < 1.29 is 9.68 Å². The molecule has 0 amide bonds. The Morgan fingerprint density at radius 3 is 2.19 bits per heavy atom. The van der Waals surface area contributed by atoms with Crippen molar-refractivity contribution in [2.45, 2.75) is 40.5 Å². The Morgan fingerprint density at radius 2 is 1.65 bits per heavy atom. The van der Waals surface area contributed by atoms with Gasteiger partial charge in [-0.25, -0.2) is 4.58 Å². The van der Waals surface area contributed by atoms with Crippen molar-refractivity contribution in [3.05, 3.63) is 83.5 Å². The van der Waals surface area contributed by atoms with Crippen molar-refractivity contribution in [1.29, 1.82) is 0 Å². The molecule has 0 spiro atoms. The molecule has 1 aromatic rings. The second kappa shape index (κ2) is 13.6. The van der Waals surface area contributed by atoms with Gasteiger partial charge in [0.25, 0.3) is 0 Å². The number of nitrogens with zero attached hydrogens (tertiary/aromatic N) is 2. The summed E-state index contributed by atoms with van der Waals surface area (Å²) in [6.07, 6.45) is 19.5. The minimum atomic E-state index is 0.176. The fourth-order valence-electron chi connectivity index (χ4n) is 3.75. The molecular weight excluding hydrogens is 380 g/mol. The molecule has 3 nitrogen and oxygen atoms in total. The predicted octanol–water partition coefficient (Wildman–Crippen LogP) is 5.79. The maximum absolute atomic E-state index is 9.20. The average Bonchev–Trinajstić information content (AvgIpc) is 2.80. The predicted molar refractivity (Wildman–Crippen MR) is 136 cm³/mol. The summed E-state index contributed by atoms with van der Waals surface area (Å²) in [6, 6.07) is 8.86. The lowest BCUT2D eigenvalue weighted by Gasteiger charge is -2.20. The molecule has 1 aliphatic carbocycles. The fraction of sp³-hybridized carbons (Fsp3) is 0.393. The molecule has 31 heavy (non-hydrogen) atoms. The van der Waals surface area contributed by atoms with E-state index in [0.29, 0.717) is 6.54 Å². The molecular formula is C28H39N2O+. The van der Waals surface area contributed by atoms with Gasteiger partial charge in [-0.1, -0.05) is 49.8 Å². The number of hydrogen-bond donors (Lipinski definition) is 1. The summed E-state index contributed by atoms with van der Waals surface area (Å²) in [7, 11) is 0. The number of likely N-dealkylation sites (N-methyl/N-ethyl adjacent to an activating group) is 1. The van der Waals surface area contributed by atoms with Crippen LogP contribution in [0.25, 0.3) is 6.08 Å². The van der Waals surface area contributed by atoms with E-state index < -0.39 is 0 Å². The van der Waals surface area contributed by atoms with Crippen LogP contribution in [0.2, 0.25) is 0 Å². The molecule has 3 heteroatoms. The topological polar surface area (TPSA) is 26.5 Å². The molecule has 0 unspecified atom stereocenters. The summed E-state index contributed by atoms with van der Waals surface area (Å²) in [5, 5.41) is 9.20. The van der Waals surface area contributed by atoms with Gasteiger partial charge < -0.3 is 10.0 Å². The molecule has 0 saturated heterocycles. The number of aliphatic hydroxyl groups excluding tert-OH is 1. The van der Waals surface area contributed by atoms with E-state index in [9.17, 15) is 5.11 Å². The van der Waals surface area contributed by atoms with E-state index in [1.165, 1.54) is 22.4 Å². The molecule has 0 fully saturated rings. The Kier molecular flexibility index (Phi) is 10.8. The van der Waals surface area contributed by atoms with Crippen LogP contribution in [0.1, 0.15) is 46.1 Å². The van der Waals surface area contributed by atoms with Gasteiger partial charge in [0, 0.05) is 30.9 Å². The highest BCUT2D eigenvalue weighted by atomic mass is 16.3. The standard InChI is InChI=1S/C28H39N2O/c1-5-10-25(23-26-15-19-27(20-16-26)29(6-2)7-3)12-9-11-24-13-17-28(18-14-24)30(8-4)21-22-31/h9,11-20,23,31H,5-8,10,21-22H2,1-4H3/q+1. The van der Waals surface area contributed by atoms with Crippen molar-refractivity contribution in [1.82, 2.24) is 0 Å². The molecule has 1 aliphatic rings. The first kappa shape index (κ1) is 24.6. The third kappa shape index (κ3) is 7.84. The van der Waals surface area contributed by atoms with Gasteiger partial charge in [-0.2, -0.15) is 0 Å². The number of anilines is 1. The Hall–Kier alpha value is -2.65. The quantitative estimate of drug-likeness (QED) is 0.363. The summed E-state index contributed by atoms with van der Waals surface area (Å²) < 4.78 is 2.17. The SMILES string of the molecule is CCCC(/C=C/C=C1C=CC(=[N+](CC)CCO)C=C1)=C\c1ccc(N(CC)CC)cc1. The molecule has 0 heterocycles.